The Bertz CT molecular complexity index is 923. The minimum absolute atomic E-state index is 0.197. The second kappa shape index (κ2) is 10.4. The molecule has 2 aromatic rings. The van der Waals surface area contributed by atoms with Gasteiger partial charge in [-0.3, -0.25) is 4.99 Å². The van der Waals surface area contributed by atoms with Crippen molar-refractivity contribution in [2.24, 2.45) is 4.99 Å². The molecule has 0 aromatic heterocycles. The summed E-state index contributed by atoms with van der Waals surface area (Å²) in [6, 6.07) is 16.7. The Kier molecular flexibility index (Phi) is 7.70. The van der Waals surface area contributed by atoms with Gasteiger partial charge in [-0.2, -0.15) is 0 Å². The lowest BCUT2D eigenvalue weighted by Crippen LogP contribution is -2.48. The second-order valence-electron chi connectivity index (χ2n) is 7.30. The highest BCUT2D eigenvalue weighted by Gasteiger charge is 2.22. The predicted molar refractivity (Wildman–Crippen MR) is 119 cm³/mol. The standard InChI is InChI=1S/C22H30N4O3S/c1-18-8-10-21(11-9-18)30(27,28)25-15-14-24-22(23-2)26-16-12-20(13-17-26)29-19-6-4-3-5-7-19/h3-11,20,25H,12-17H2,1-2H3,(H,23,24). The Morgan fingerprint density at radius 3 is 2.37 bits per heavy atom. The molecule has 8 heteroatoms. The van der Waals surface area contributed by atoms with Crippen molar-refractivity contribution in [1.82, 2.24) is 14.9 Å². The van der Waals surface area contributed by atoms with Gasteiger partial charge >= 0.3 is 0 Å². The van der Waals surface area contributed by atoms with Crippen molar-refractivity contribution in [1.29, 1.82) is 0 Å². The maximum Gasteiger partial charge on any atom is 0.240 e. The van der Waals surface area contributed by atoms with Gasteiger partial charge in [0.15, 0.2) is 5.96 Å². The number of aliphatic imine (C=N–C) groups is 1. The number of para-hydroxylation sites is 1. The molecule has 0 spiro atoms. The Hall–Kier alpha value is -2.58. The van der Waals surface area contributed by atoms with Gasteiger partial charge in [0.25, 0.3) is 0 Å². The molecule has 162 valence electrons. The molecule has 1 fully saturated rings. The largest absolute Gasteiger partial charge is 0.490 e. The SMILES string of the molecule is CN=C(NCCNS(=O)(=O)c1ccc(C)cc1)N1CCC(Oc2ccccc2)CC1. The third-order valence-electron chi connectivity index (χ3n) is 5.03. The molecular formula is C22H30N4O3S. The summed E-state index contributed by atoms with van der Waals surface area (Å²) < 4.78 is 33.4. The Morgan fingerprint density at radius 2 is 1.73 bits per heavy atom. The first-order valence-electron chi connectivity index (χ1n) is 10.2. The molecule has 7 nitrogen and oxygen atoms in total. The molecule has 0 saturated carbocycles. The van der Waals surface area contributed by atoms with E-state index >= 15 is 0 Å². The summed E-state index contributed by atoms with van der Waals surface area (Å²) in [5, 5.41) is 3.24. The Balaban J connectivity index is 1.41. The first-order chi connectivity index (χ1) is 14.5. The number of ether oxygens (including phenoxy) is 1. The second-order valence-corrected chi connectivity index (χ2v) is 9.07. The topological polar surface area (TPSA) is 83.0 Å². The van der Waals surface area contributed by atoms with Crippen molar-refractivity contribution >= 4 is 16.0 Å². The number of sulfonamides is 1. The van der Waals surface area contributed by atoms with Gasteiger partial charge in [0, 0.05) is 46.1 Å². The molecule has 1 aliphatic rings. The lowest BCUT2D eigenvalue weighted by molar-refractivity contribution is 0.129. The van der Waals surface area contributed by atoms with E-state index in [4.69, 9.17) is 4.74 Å². The van der Waals surface area contributed by atoms with Crippen LogP contribution < -0.4 is 14.8 Å². The molecule has 0 amide bonds. The molecule has 2 N–H and O–H groups in total. The molecular weight excluding hydrogens is 400 g/mol. The first-order valence-corrected chi connectivity index (χ1v) is 11.7. The van der Waals surface area contributed by atoms with Crippen LogP contribution in [0.1, 0.15) is 18.4 Å². The van der Waals surface area contributed by atoms with Gasteiger partial charge in [-0.15, -0.1) is 0 Å². The van der Waals surface area contributed by atoms with Crippen LogP contribution in [0.15, 0.2) is 64.5 Å². The lowest BCUT2D eigenvalue weighted by atomic mass is 10.1. The van der Waals surface area contributed by atoms with Crippen LogP contribution in [0.25, 0.3) is 0 Å². The number of hydrogen-bond acceptors (Lipinski definition) is 4. The number of piperidine rings is 1. The van der Waals surface area contributed by atoms with E-state index in [0.717, 1.165) is 43.2 Å². The highest BCUT2D eigenvalue weighted by atomic mass is 32.2. The van der Waals surface area contributed by atoms with Gasteiger partial charge in [-0.25, -0.2) is 13.1 Å². The number of benzene rings is 2. The van der Waals surface area contributed by atoms with Gasteiger partial charge in [-0.1, -0.05) is 35.9 Å². The summed E-state index contributed by atoms with van der Waals surface area (Å²) >= 11 is 0. The monoisotopic (exact) mass is 430 g/mol. The van der Waals surface area contributed by atoms with Gasteiger partial charge in [0.1, 0.15) is 11.9 Å². The van der Waals surface area contributed by atoms with Crippen LogP contribution in [0.2, 0.25) is 0 Å². The van der Waals surface area contributed by atoms with Gasteiger partial charge < -0.3 is 15.0 Å². The van der Waals surface area contributed by atoms with Gasteiger partial charge in [0.05, 0.1) is 4.90 Å². The van der Waals surface area contributed by atoms with Crippen molar-refractivity contribution in [2.45, 2.75) is 30.8 Å². The van der Waals surface area contributed by atoms with E-state index < -0.39 is 10.0 Å². The average Bonchev–Trinajstić information content (AvgIpc) is 2.76. The van der Waals surface area contributed by atoms with Crippen molar-refractivity contribution < 1.29 is 13.2 Å². The lowest BCUT2D eigenvalue weighted by Gasteiger charge is -2.34. The maximum absolute atomic E-state index is 12.4. The van der Waals surface area contributed by atoms with Gasteiger partial charge in [0.2, 0.25) is 10.0 Å². The first kappa shape index (κ1) is 22.1. The van der Waals surface area contributed by atoms with Gasteiger partial charge in [-0.05, 0) is 31.2 Å². The molecule has 3 rings (SSSR count). The molecule has 1 saturated heterocycles. The predicted octanol–water partition coefficient (Wildman–Crippen LogP) is 2.39. The minimum atomic E-state index is -3.50. The van der Waals surface area contributed by atoms with Crippen LogP contribution in [0, 0.1) is 6.92 Å². The molecule has 0 radical (unpaired) electrons. The fourth-order valence-corrected chi connectivity index (χ4v) is 4.40. The van der Waals surface area contributed by atoms with Crippen LogP contribution in [0.5, 0.6) is 5.75 Å². The number of guanidine groups is 1. The molecule has 30 heavy (non-hydrogen) atoms. The van der Waals surface area contributed by atoms with Crippen LogP contribution in [0.3, 0.4) is 0 Å². The number of likely N-dealkylation sites (tertiary alicyclic amines) is 1. The zero-order chi connectivity index (χ0) is 21.4. The van der Waals surface area contributed by atoms with Crippen LogP contribution in [-0.2, 0) is 10.0 Å². The van der Waals surface area contributed by atoms with Crippen LogP contribution >= 0.6 is 0 Å². The average molecular weight is 431 g/mol. The van der Waals surface area contributed by atoms with E-state index in [1.807, 2.05) is 37.3 Å². The smallest absolute Gasteiger partial charge is 0.240 e. The summed E-state index contributed by atoms with van der Waals surface area (Å²) in [7, 11) is -1.76. The van der Waals surface area contributed by atoms with E-state index in [2.05, 4.69) is 19.9 Å². The number of nitrogens with one attached hydrogen (secondary N) is 2. The highest BCUT2D eigenvalue weighted by molar-refractivity contribution is 7.89. The van der Waals surface area contributed by atoms with Crippen molar-refractivity contribution in [3.8, 4) is 5.75 Å². The molecule has 0 unspecified atom stereocenters. The summed E-state index contributed by atoms with van der Waals surface area (Å²) in [4.78, 5) is 6.79. The molecule has 0 aliphatic carbocycles. The highest BCUT2D eigenvalue weighted by Crippen LogP contribution is 2.18. The van der Waals surface area contributed by atoms with E-state index in [9.17, 15) is 8.42 Å². The number of rotatable bonds is 7. The molecule has 1 aliphatic heterocycles. The third-order valence-corrected chi connectivity index (χ3v) is 6.51. The van der Waals surface area contributed by atoms with E-state index in [1.165, 1.54) is 0 Å². The minimum Gasteiger partial charge on any atom is -0.490 e. The van der Waals surface area contributed by atoms with Crippen LogP contribution in [0.4, 0.5) is 0 Å². The van der Waals surface area contributed by atoms with Crippen molar-refractivity contribution in [2.75, 3.05) is 33.2 Å². The maximum atomic E-state index is 12.4. The molecule has 0 atom stereocenters. The number of nitrogens with zero attached hydrogens (tertiary/aromatic N) is 2. The van der Waals surface area contributed by atoms with E-state index in [-0.39, 0.29) is 17.5 Å². The molecule has 1 heterocycles. The normalized spacial score (nSPS) is 15.8. The zero-order valence-corrected chi connectivity index (χ0v) is 18.4. The third kappa shape index (κ3) is 6.21. The molecule has 2 aromatic carbocycles. The fraction of sp³-hybridized carbons (Fsp3) is 0.409. The number of aryl methyl sites for hydroxylation is 1. The van der Waals surface area contributed by atoms with E-state index in [1.54, 1.807) is 31.3 Å². The Labute approximate surface area is 179 Å². The quantitative estimate of drug-likeness (QED) is 0.400. The zero-order valence-electron chi connectivity index (χ0n) is 17.5. The van der Waals surface area contributed by atoms with Crippen molar-refractivity contribution in [3.05, 3.63) is 60.2 Å². The Morgan fingerprint density at radius 1 is 1.07 bits per heavy atom. The summed E-state index contributed by atoms with van der Waals surface area (Å²) in [6.07, 6.45) is 2.02. The van der Waals surface area contributed by atoms with Crippen molar-refractivity contribution in [3.63, 3.8) is 0 Å². The number of hydrogen-bond donors (Lipinski definition) is 2. The van der Waals surface area contributed by atoms with Crippen LogP contribution in [-0.4, -0.2) is 58.6 Å². The summed E-state index contributed by atoms with van der Waals surface area (Å²) in [6.45, 7) is 4.34. The molecule has 0 bridgehead atoms. The van der Waals surface area contributed by atoms with E-state index in [0.29, 0.717) is 6.54 Å². The fourth-order valence-electron chi connectivity index (χ4n) is 3.37. The summed E-state index contributed by atoms with van der Waals surface area (Å²) in [5.74, 6) is 1.68. The summed E-state index contributed by atoms with van der Waals surface area (Å²) in [5.41, 5.74) is 1.03.